The molecule has 0 bridgehead atoms. The first-order valence-electron chi connectivity index (χ1n) is 8.11. The lowest BCUT2D eigenvalue weighted by molar-refractivity contribution is 0.0905. The minimum Gasteiger partial charge on any atom is -0.384 e. The highest BCUT2D eigenvalue weighted by Crippen LogP contribution is 2.29. The molecule has 2 N–H and O–H groups in total. The molecule has 1 aliphatic rings. The first kappa shape index (κ1) is 15.8. The van der Waals surface area contributed by atoms with Crippen LogP contribution in [0.5, 0.6) is 0 Å². The van der Waals surface area contributed by atoms with E-state index in [-0.39, 0.29) is 5.91 Å². The second-order valence-electron chi connectivity index (χ2n) is 6.30. The van der Waals surface area contributed by atoms with E-state index in [9.17, 15) is 4.79 Å². The molecule has 0 spiro atoms. The van der Waals surface area contributed by atoms with Crippen LogP contribution in [0.3, 0.4) is 0 Å². The van der Waals surface area contributed by atoms with Crippen molar-refractivity contribution in [3.05, 3.63) is 24.0 Å². The Kier molecular flexibility index (Phi) is 5.59. The van der Waals surface area contributed by atoms with Crippen LogP contribution in [0, 0.1) is 11.8 Å². The van der Waals surface area contributed by atoms with Crippen molar-refractivity contribution in [2.45, 2.75) is 52.5 Å². The Morgan fingerprint density at radius 3 is 2.71 bits per heavy atom. The second kappa shape index (κ2) is 7.43. The van der Waals surface area contributed by atoms with Gasteiger partial charge in [-0.2, -0.15) is 0 Å². The molecule has 4 heteroatoms. The zero-order valence-electron chi connectivity index (χ0n) is 13.4. The molecule has 1 saturated carbocycles. The summed E-state index contributed by atoms with van der Waals surface area (Å²) < 4.78 is 0. The van der Waals surface area contributed by atoms with Crippen molar-refractivity contribution in [1.29, 1.82) is 0 Å². The van der Waals surface area contributed by atoms with E-state index in [1.807, 2.05) is 6.07 Å². The van der Waals surface area contributed by atoms with Crippen LogP contribution in [-0.4, -0.2) is 23.5 Å². The van der Waals surface area contributed by atoms with Crippen molar-refractivity contribution < 1.29 is 4.79 Å². The lowest BCUT2D eigenvalue weighted by Crippen LogP contribution is -2.40. The second-order valence-corrected chi connectivity index (χ2v) is 6.30. The fraction of sp³-hybridized carbons (Fsp3) is 0.647. The lowest BCUT2D eigenvalue weighted by Gasteiger charge is -2.32. The summed E-state index contributed by atoms with van der Waals surface area (Å²) in [4.78, 5) is 16.5. The van der Waals surface area contributed by atoms with Gasteiger partial charge >= 0.3 is 0 Å². The zero-order chi connectivity index (χ0) is 15.2. The molecule has 0 saturated heterocycles. The molecule has 4 nitrogen and oxygen atoms in total. The molecule has 1 fully saturated rings. The number of hydrogen-bond acceptors (Lipinski definition) is 3. The van der Waals surface area contributed by atoms with E-state index >= 15 is 0 Å². The van der Waals surface area contributed by atoms with Gasteiger partial charge in [0.2, 0.25) is 0 Å². The van der Waals surface area contributed by atoms with Crippen LogP contribution in [0.4, 0.5) is 5.69 Å². The van der Waals surface area contributed by atoms with Crippen LogP contribution in [0.25, 0.3) is 0 Å². The molecule has 1 aromatic heterocycles. The first-order chi connectivity index (χ1) is 10.1. The molecule has 116 valence electrons. The van der Waals surface area contributed by atoms with Crippen LogP contribution in [-0.2, 0) is 0 Å². The Morgan fingerprint density at radius 2 is 2.10 bits per heavy atom. The largest absolute Gasteiger partial charge is 0.384 e. The molecule has 0 aliphatic heterocycles. The van der Waals surface area contributed by atoms with E-state index in [0.717, 1.165) is 37.4 Å². The maximum atomic E-state index is 12.2. The van der Waals surface area contributed by atoms with Crippen LogP contribution in [0.15, 0.2) is 18.3 Å². The fourth-order valence-corrected chi connectivity index (χ4v) is 2.84. The van der Waals surface area contributed by atoms with E-state index in [1.54, 1.807) is 12.3 Å². The van der Waals surface area contributed by atoms with Crippen LogP contribution in [0.1, 0.15) is 56.9 Å². The van der Waals surface area contributed by atoms with Crippen molar-refractivity contribution >= 4 is 11.6 Å². The standard InChI is InChI=1S/C17H27N3O/c1-4-9-18-15-7-8-16(19-11-15)17(21)20-14-6-5-12(2)13(3)10-14/h7-8,11-14,18H,4-6,9-10H2,1-3H3,(H,20,21). The monoisotopic (exact) mass is 289 g/mol. The van der Waals surface area contributed by atoms with Gasteiger partial charge in [-0.1, -0.05) is 20.8 Å². The van der Waals surface area contributed by atoms with Gasteiger partial charge in [0, 0.05) is 12.6 Å². The summed E-state index contributed by atoms with van der Waals surface area (Å²) in [5.74, 6) is 1.39. The summed E-state index contributed by atoms with van der Waals surface area (Å²) in [6, 6.07) is 4.01. The number of nitrogens with zero attached hydrogens (tertiary/aromatic N) is 1. The molecule has 2 rings (SSSR count). The number of rotatable bonds is 5. The van der Waals surface area contributed by atoms with Gasteiger partial charge in [0.15, 0.2) is 0 Å². The number of aromatic nitrogens is 1. The number of hydrogen-bond donors (Lipinski definition) is 2. The summed E-state index contributed by atoms with van der Waals surface area (Å²) in [6.07, 6.45) is 6.15. The molecule has 3 atom stereocenters. The number of carbonyl (C=O) groups is 1. The normalized spacial score (nSPS) is 25.4. The minimum atomic E-state index is -0.0520. The third-order valence-corrected chi connectivity index (χ3v) is 4.51. The number of anilines is 1. The first-order valence-corrected chi connectivity index (χ1v) is 8.11. The van der Waals surface area contributed by atoms with Gasteiger partial charge in [0.25, 0.3) is 5.91 Å². The van der Waals surface area contributed by atoms with E-state index in [2.05, 4.69) is 36.4 Å². The SMILES string of the molecule is CCCNc1ccc(C(=O)NC2CCC(C)C(C)C2)nc1. The van der Waals surface area contributed by atoms with E-state index in [0.29, 0.717) is 17.7 Å². The molecule has 1 heterocycles. The molecule has 21 heavy (non-hydrogen) atoms. The van der Waals surface area contributed by atoms with Crippen molar-refractivity contribution in [3.8, 4) is 0 Å². The fourth-order valence-electron chi connectivity index (χ4n) is 2.84. The highest BCUT2D eigenvalue weighted by Gasteiger charge is 2.25. The van der Waals surface area contributed by atoms with Gasteiger partial charge in [0.05, 0.1) is 11.9 Å². The van der Waals surface area contributed by atoms with Crippen molar-refractivity contribution in [1.82, 2.24) is 10.3 Å². The molecular weight excluding hydrogens is 262 g/mol. The van der Waals surface area contributed by atoms with Crippen molar-refractivity contribution in [3.63, 3.8) is 0 Å². The number of pyridine rings is 1. The van der Waals surface area contributed by atoms with E-state index in [4.69, 9.17) is 0 Å². The summed E-state index contributed by atoms with van der Waals surface area (Å²) in [5.41, 5.74) is 1.47. The van der Waals surface area contributed by atoms with Crippen LogP contribution >= 0.6 is 0 Å². The molecule has 0 radical (unpaired) electrons. The lowest BCUT2D eigenvalue weighted by atomic mass is 9.79. The molecular formula is C17H27N3O. The van der Waals surface area contributed by atoms with Gasteiger partial charge in [-0.3, -0.25) is 4.79 Å². The maximum Gasteiger partial charge on any atom is 0.270 e. The van der Waals surface area contributed by atoms with E-state index in [1.165, 1.54) is 6.42 Å². The highest BCUT2D eigenvalue weighted by atomic mass is 16.1. The molecule has 0 aromatic carbocycles. The maximum absolute atomic E-state index is 12.2. The molecule has 3 unspecified atom stereocenters. The zero-order valence-corrected chi connectivity index (χ0v) is 13.4. The Bertz CT molecular complexity index is 458. The molecule has 1 amide bonds. The van der Waals surface area contributed by atoms with Crippen LogP contribution in [0.2, 0.25) is 0 Å². The molecule has 1 aliphatic carbocycles. The van der Waals surface area contributed by atoms with Crippen molar-refractivity contribution in [2.75, 3.05) is 11.9 Å². The van der Waals surface area contributed by atoms with Gasteiger partial charge in [-0.25, -0.2) is 4.98 Å². The predicted molar refractivity (Wildman–Crippen MR) is 86.5 cm³/mol. The Morgan fingerprint density at radius 1 is 1.29 bits per heavy atom. The summed E-state index contributed by atoms with van der Waals surface area (Å²) in [7, 11) is 0. The summed E-state index contributed by atoms with van der Waals surface area (Å²) in [5, 5.41) is 6.39. The Hall–Kier alpha value is -1.58. The quantitative estimate of drug-likeness (QED) is 0.873. The average molecular weight is 289 g/mol. The number of amides is 1. The van der Waals surface area contributed by atoms with Gasteiger partial charge in [0.1, 0.15) is 5.69 Å². The van der Waals surface area contributed by atoms with Gasteiger partial charge in [-0.15, -0.1) is 0 Å². The third-order valence-electron chi connectivity index (χ3n) is 4.51. The smallest absolute Gasteiger partial charge is 0.270 e. The van der Waals surface area contributed by atoms with E-state index < -0.39 is 0 Å². The number of nitrogens with one attached hydrogen (secondary N) is 2. The third kappa shape index (κ3) is 4.45. The highest BCUT2D eigenvalue weighted by molar-refractivity contribution is 5.92. The average Bonchev–Trinajstić information content (AvgIpc) is 2.49. The van der Waals surface area contributed by atoms with Crippen LogP contribution < -0.4 is 10.6 Å². The Labute approximate surface area is 127 Å². The van der Waals surface area contributed by atoms with Gasteiger partial charge in [-0.05, 0) is 49.7 Å². The van der Waals surface area contributed by atoms with Crippen molar-refractivity contribution in [2.24, 2.45) is 11.8 Å². The summed E-state index contributed by atoms with van der Waals surface area (Å²) in [6.45, 7) is 7.61. The van der Waals surface area contributed by atoms with Gasteiger partial charge < -0.3 is 10.6 Å². The number of carbonyl (C=O) groups excluding carboxylic acids is 1. The Balaban J connectivity index is 1.88. The minimum absolute atomic E-state index is 0.0520. The molecule has 1 aromatic rings. The topological polar surface area (TPSA) is 54.0 Å². The predicted octanol–water partition coefficient (Wildman–Crippen LogP) is 3.46. The summed E-state index contributed by atoms with van der Waals surface area (Å²) >= 11 is 0.